The van der Waals surface area contributed by atoms with Gasteiger partial charge in [-0.25, -0.2) is 9.78 Å². The lowest BCUT2D eigenvalue weighted by molar-refractivity contribution is 0.102. The Hall–Kier alpha value is -3.61. The molecular weight excluding hydrogens is 306 g/mol. The van der Waals surface area contributed by atoms with Crippen molar-refractivity contribution in [2.24, 2.45) is 5.73 Å². The summed E-state index contributed by atoms with van der Waals surface area (Å²) in [5.41, 5.74) is 7.46. The van der Waals surface area contributed by atoms with Crippen LogP contribution in [0.4, 0.5) is 16.2 Å². The number of anilines is 2. The molecule has 7 heteroatoms. The van der Waals surface area contributed by atoms with Gasteiger partial charge in [-0.05, 0) is 36.4 Å². The van der Waals surface area contributed by atoms with Gasteiger partial charge in [0.1, 0.15) is 5.69 Å². The Kier molecular flexibility index (Phi) is 4.24. The minimum Gasteiger partial charge on any atom is -0.351 e. The van der Waals surface area contributed by atoms with Crippen LogP contribution in [0.1, 0.15) is 10.5 Å². The average Bonchev–Trinajstić information content (AvgIpc) is 3.07. The fourth-order valence-electron chi connectivity index (χ4n) is 2.23. The third-order valence-electron chi connectivity index (χ3n) is 3.32. The molecule has 3 aromatic rings. The topological polar surface area (TPSA) is 102 Å². The third-order valence-corrected chi connectivity index (χ3v) is 3.32. The number of amides is 3. The molecule has 1 heterocycles. The van der Waals surface area contributed by atoms with Crippen molar-refractivity contribution >= 4 is 23.3 Å². The van der Waals surface area contributed by atoms with Crippen molar-refractivity contribution in [3.63, 3.8) is 0 Å². The highest BCUT2D eigenvalue weighted by molar-refractivity contribution is 6.03. The Morgan fingerprint density at radius 3 is 2.17 bits per heavy atom. The molecule has 0 bridgehead atoms. The maximum absolute atomic E-state index is 12.5. The summed E-state index contributed by atoms with van der Waals surface area (Å²) in [6.07, 6.45) is 3.09. The van der Waals surface area contributed by atoms with E-state index in [2.05, 4.69) is 15.6 Å². The van der Waals surface area contributed by atoms with E-state index in [0.717, 1.165) is 5.69 Å². The van der Waals surface area contributed by atoms with Crippen LogP contribution in [-0.2, 0) is 0 Å². The summed E-state index contributed by atoms with van der Waals surface area (Å²) in [5.74, 6) is -0.285. The lowest BCUT2D eigenvalue weighted by Crippen LogP contribution is -2.19. The summed E-state index contributed by atoms with van der Waals surface area (Å²) in [4.78, 5) is 27.3. The van der Waals surface area contributed by atoms with Crippen LogP contribution >= 0.6 is 0 Å². The standard InChI is InChI=1S/C17H15N5O2/c18-17(24)21-13-8-6-12(7-9-13)20-16(23)15-10-19-11-22(15)14-4-2-1-3-5-14/h1-11H,(H,20,23)(H3,18,21,24). The largest absolute Gasteiger partial charge is 0.351 e. The van der Waals surface area contributed by atoms with Gasteiger partial charge in [0.25, 0.3) is 5.91 Å². The second-order valence-electron chi connectivity index (χ2n) is 5.01. The number of carbonyl (C=O) groups is 2. The van der Waals surface area contributed by atoms with Crippen molar-refractivity contribution in [3.05, 3.63) is 72.8 Å². The number of primary amides is 1. The van der Waals surface area contributed by atoms with Crippen LogP contribution in [0.5, 0.6) is 0 Å². The number of carbonyl (C=O) groups excluding carboxylic acids is 2. The first-order valence-electron chi connectivity index (χ1n) is 7.19. The Labute approximate surface area is 138 Å². The molecule has 4 N–H and O–H groups in total. The Morgan fingerprint density at radius 1 is 0.917 bits per heavy atom. The fourth-order valence-corrected chi connectivity index (χ4v) is 2.23. The van der Waals surface area contributed by atoms with Gasteiger partial charge in [-0.15, -0.1) is 0 Å². The fraction of sp³-hybridized carbons (Fsp3) is 0. The number of para-hydroxylation sites is 1. The molecule has 3 amide bonds. The zero-order chi connectivity index (χ0) is 16.9. The van der Waals surface area contributed by atoms with Gasteiger partial charge in [0.2, 0.25) is 0 Å². The van der Waals surface area contributed by atoms with Crippen LogP contribution in [0.25, 0.3) is 5.69 Å². The number of nitrogens with one attached hydrogen (secondary N) is 2. The summed E-state index contributed by atoms with van der Waals surface area (Å²) >= 11 is 0. The number of rotatable bonds is 4. The van der Waals surface area contributed by atoms with Crippen LogP contribution in [0.2, 0.25) is 0 Å². The summed E-state index contributed by atoms with van der Waals surface area (Å²) in [7, 11) is 0. The van der Waals surface area contributed by atoms with E-state index in [-0.39, 0.29) is 5.91 Å². The predicted molar refractivity (Wildman–Crippen MR) is 91.2 cm³/mol. The third kappa shape index (κ3) is 3.41. The first kappa shape index (κ1) is 15.3. The van der Waals surface area contributed by atoms with Crippen LogP contribution < -0.4 is 16.4 Å². The van der Waals surface area contributed by atoms with Crippen molar-refractivity contribution in [2.75, 3.05) is 10.6 Å². The molecule has 24 heavy (non-hydrogen) atoms. The molecule has 0 fully saturated rings. The van der Waals surface area contributed by atoms with Gasteiger partial charge in [-0.3, -0.25) is 9.36 Å². The molecule has 2 aromatic carbocycles. The van der Waals surface area contributed by atoms with Gasteiger partial charge in [0.05, 0.1) is 12.5 Å². The quantitative estimate of drug-likeness (QED) is 0.688. The van der Waals surface area contributed by atoms with E-state index < -0.39 is 6.03 Å². The normalized spacial score (nSPS) is 10.2. The van der Waals surface area contributed by atoms with E-state index in [1.54, 1.807) is 35.2 Å². The molecule has 7 nitrogen and oxygen atoms in total. The van der Waals surface area contributed by atoms with Gasteiger partial charge in [0.15, 0.2) is 0 Å². The number of aromatic nitrogens is 2. The first-order chi connectivity index (χ1) is 11.6. The SMILES string of the molecule is NC(=O)Nc1ccc(NC(=O)c2cncn2-c2ccccc2)cc1. The molecule has 120 valence electrons. The highest BCUT2D eigenvalue weighted by atomic mass is 16.2. The van der Waals surface area contributed by atoms with E-state index >= 15 is 0 Å². The van der Waals surface area contributed by atoms with Crippen molar-refractivity contribution in [3.8, 4) is 5.69 Å². The summed E-state index contributed by atoms with van der Waals surface area (Å²) in [5, 5.41) is 5.25. The molecule has 3 rings (SSSR count). The number of imidazole rings is 1. The zero-order valence-electron chi connectivity index (χ0n) is 12.6. The number of urea groups is 1. The molecule has 0 aliphatic rings. The zero-order valence-corrected chi connectivity index (χ0v) is 12.6. The lowest BCUT2D eigenvalue weighted by Gasteiger charge is -2.09. The molecule has 0 spiro atoms. The minimum atomic E-state index is -0.640. The van der Waals surface area contributed by atoms with Gasteiger partial charge >= 0.3 is 6.03 Å². The first-order valence-corrected chi connectivity index (χ1v) is 7.19. The van der Waals surface area contributed by atoms with Crippen LogP contribution in [0.15, 0.2) is 67.1 Å². The smallest absolute Gasteiger partial charge is 0.316 e. The molecule has 0 atom stereocenters. The monoisotopic (exact) mass is 321 g/mol. The number of nitrogens with zero attached hydrogens (tertiary/aromatic N) is 2. The Morgan fingerprint density at radius 2 is 1.54 bits per heavy atom. The number of hydrogen-bond donors (Lipinski definition) is 3. The molecule has 1 aromatic heterocycles. The second kappa shape index (κ2) is 6.66. The minimum absolute atomic E-state index is 0.285. The number of nitrogens with two attached hydrogens (primary N) is 1. The van der Waals surface area contributed by atoms with Gasteiger partial charge in [-0.1, -0.05) is 18.2 Å². The highest BCUT2D eigenvalue weighted by Gasteiger charge is 2.13. The van der Waals surface area contributed by atoms with Crippen LogP contribution in [-0.4, -0.2) is 21.5 Å². The van der Waals surface area contributed by atoms with E-state index in [1.165, 1.54) is 6.20 Å². The van der Waals surface area contributed by atoms with E-state index in [4.69, 9.17) is 5.73 Å². The number of hydrogen-bond acceptors (Lipinski definition) is 3. The molecule has 0 saturated heterocycles. The molecule has 0 radical (unpaired) electrons. The average molecular weight is 321 g/mol. The van der Waals surface area contributed by atoms with Crippen LogP contribution in [0.3, 0.4) is 0 Å². The Bertz CT molecular complexity index is 856. The Balaban J connectivity index is 1.76. The van der Waals surface area contributed by atoms with Crippen molar-refractivity contribution in [1.82, 2.24) is 9.55 Å². The van der Waals surface area contributed by atoms with Crippen LogP contribution in [0, 0.1) is 0 Å². The molecule has 0 aliphatic carbocycles. The summed E-state index contributed by atoms with van der Waals surface area (Å²) < 4.78 is 1.71. The van der Waals surface area contributed by atoms with E-state index in [9.17, 15) is 9.59 Å². The summed E-state index contributed by atoms with van der Waals surface area (Å²) in [6, 6.07) is 15.5. The molecule has 0 aliphatic heterocycles. The summed E-state index contributed by atoms with van der Waals surface area (Å²) in [6.45, 7) is 0. The molecule has 0 unspecified atom stereocenters. The van der Waals surface area contributed by atoms with E-state index in [1.807, 2.05) is 30.3 Å². The number of benzene rings is 2. The molecule has 0 saturated carbocycles. The van der Waals surface area contributed by atoms with Gasteiger partial charge in [-0.2, -0.15) is 0 Å². The maximum Gasteiger partial charge on any atom is 0.316 e. The van der Waals surface area contributed by atoms with Gasteiger partial charge < -0.3 is 16.4 Å². The predicted octanol–water partition coefficient (Wildman–Crippen LogP) is 2.62. The van der Waals surface area contributed by atoms with Gasteiger partial charge in [0, 0.05) is 17.1 Å². The molecular formula is C17H15N5O2. The lowest BCUT2D eigenvalue weighted by atomic mass is 10.2. The van der Waals surface area contributed by atoms with Crippen molar-refractivity contribution < 1.29 is 9.59 Å². The van der Waals surface area contributed by atoms with E-state index in [0.29, 0.717) is 17.1 Å². The second-order valence-corrected chi connectivity index (χ2v) is 5.01. The highest BCUT2D eigenvalue weighted by Crippen LogP contribution is 2.16. The maximum atomic E-state index is 12.5. The van der Waals surface area contributed by atoms with Crippen molar-refractivity contribution in [2.45, 2.75) is 0 Å². The van der Waals surface area contributed by atoms with Crippen molar-refractivity contribution in [1.29, 1.82) is 0 Å².